The van der Waals surface area contributed by atoms with Crippen molar-refractivity contribution in [1.82, 2.24) is 0 Å². The molecule has 0 bridgehead atoms. The van der Waals surface area contributed by atoms with E-state index in [-0.39, 0.29) is 5.69 Å². The number of nitrogens with two attached hydrogens (primary N) is 1. The van der Waals surface area contributed by atoms with Crippen molar-refractivity contribution < 1.29 is 9.66 Å². The molecular formula is C15H18N2O3S. The van der Waals surface area contributed by atoms with Crippen LogP contribution in [0.1, 0.15) is 19.4 Å². The molecule has 0 aliphatic heterocycles. The lowest BCUT2D eigenvalue weighted by Gasteiger charge is -2.09. The van der Waals surface area contributed by atoms with Crippen LogP contribution >= 0.6 is 11.9 Å². The first-order valence-electron chi connectivity index (χ1n) is 6.50. The summed E-state index contributed by atoms with van der Waals surface area (Å²) in [5.41, 5.74) is 1.06. The average molecular weight is 306 g/mol. The van der Waals surface area contributed by atoms with E-state index in [4.69, 9.17) is 9.88 Å². The molecule has 0 aliphatic carbocycles. The third-order valence-corrected chi connectivity index (χ3v) is 3.06. The zero-order chi connectivity index (χ0) is 15.8. The largest absolute Gasteiger partial charge is 0.456 e. The minimum atomic E-state index is -0.462. The second-order valence-corrected chi connectivity index (χ2v) is 4.60. The Labute approximate surface area is 128 Å². The number of aryl methyl sites for hydroxylation is 1. The zero-order valence-corrected chi connectivity index (χ0v) is 13.0. The van der Waals surface area contributed by atoms with Crippen molar-refractivity contribution >= 4 is 17.6 Å². The van der Waals surface area contributed by atoms with E-state index in [0.717, 1.165) is 17.5 Å². The summed E-state index contributed by atoms with van der Waals surface area (Å²) in [5, 5.41) is 16.2. The highest BCUT2D eigenvalue weighted by atomic mass is 32.2. The van der Waals surface area contributed by atoms with E-state index in [1.807, 2.05) is 45.0 Å². The molecule has 0 heterocycles. The molecule has 2 aromatic carbocycles. The van der Waals surface area contributed by atoms with Gasteiger partial charge in [-0.05, 0) is 42.6 Å². The summed E-state index contributed by atoms with van der Waals surface area (Å²) in [6.07, 6.45) is 0. The van der Waals surface area contributed by atoms with Crippen LogP contribution in [0.4, 0.5) is 5.69 Å². The summed E-state index contributed by atoms with van der Waals surface area (Å²) in [7, 11) is 0. The second-order valence-electron chi connectivity index (χ2n) is 3.92. The molecule has 0 atom stereocenters. The van der Waals surface area contributed by atoms with Gasteiger partial charge in [-0.1, -0.05) is 26.0 Å². The molecular weight excluding hydrogens is 288 g/mol. The standard InChI is InChI=1S/C13H12N2O3S.C2H6/c1-9-3-2-4-11(7-9)18-12-6-5-10(15(16)17)8-13(12)19-14;1-2/h2-8H,14H2,1H3;1-2H3. The van der Waals surface area contributed by atoms with E-state index in [0.29, 0.717) is 16.4 Å². The van der Waals surface area contributed by atoms with Crippen LogP contribution in [0.3, 0.4) is 0 Å². The number of hydrogen-bond donors (Lipinski definition) is 1. The van der Waals surface area contributed by atoms with Crippen LogP contribution in [0.2, 0.25) is 0 Å². The number of ether oxygens (including phenoxy) is 1. The van der Waals surface area contributed by atoms with Gasteiger partial charge in [-0.25, -0.2) is 0 Å². The van der Waals surface area contributed by atoms with Crippen LogP contribution in [0, 0.1) is 17.0 Å². The monoisotopic (exact) mass is 306 g/mol. The van der Waals surface area contributed by atoms with Gasteiger partial charge in [0.25, 0.3) is 5.69 Å². The van der Waals surface area contributed by atoms with Crippen LogP contribution in [-0.2, 0) is 0 Å². The smallest absolute Gasteiger partial charge is 0.270 e. The van der Waals surface area contributed by atoms with Crippen molar-refractivity contribution in [2.45, 2.75) is 25.7 Å². The minimum Gasteiger partial charge on any atom is -0.456 e. The first-order valence-corrected chi connectivity index (χ1v) is 7.38. The summed E-state index contributed by atoms with van der Waals surface area (Å²) in [6, 6.07) is 11.9. The van der Waals surface area contributed by atoms with Crippen molar-refractivity contribution in [3.63, 3.8) is 0 Å². The topological polar surface area (TPSA) is 78.4 Å². The number of benzene rings is 2. The summed E-state index contributed by atoms with van der Waals surface area (Å²) in [4.78, 5) is 10.8. The molecule has 0 amide bonds. The van der Waals surface area contributed by atoms with Gasteiger partial charge in [0, 0.05) is 12.1 Å². The molecule has 6 heteroatoms. The Bertz CT molecular complexity index is 618. The Morgan fingerprint density at radius 2 is 1.90 bits per heavy atom. The van der Waals surface area contributed by atoms with Gasteiger partial charge in [0.2, 0.25) is 0 Å². The lowest BCUT2D eigenvalue weighted by molar-refractivity contribution is -0.385. The Morgan fingerprint density at radius 1 is 1.19 bits per heavy atom. The highest BCUT2D eigenvalue weighted by Crippen LogP contribution is 2.33. The summed E-state index contributed by atoms with van der Waals surface area (Å²) in [5.74, 6) is 1.17. The quantitative estimate of drug-likeness (QED) is 0.503. The Kier molecular flexibility index (Phi) is 6.71. The van der Waals surface area contributed by atoms with E-state index < -0.39 is 4.92 Å². The minimum absolute atomic E-state index is 0.00968. The maximum atomic E-state index is 10.7. The molecule has 0 saturated carbocycles. The van der Waals surface area contributed by atoms with E-state index in [1.54, 1.807) is 6.07 Å². The average Bonchev–Trinajstić information content (AvgIpc) is 2.49. The van der Waals surface area contributed by atoms with Gasteiger partial charge in [0.15, 0.2) is 0 Å². The lowest BCUT2D eigenvalue weighted by Crippen LogP contribution is -1.93. The number of nitro groups is 1. The molecule has 5 nitrogen and oxygen atoms in total. The van der Waals surface area contributed by atoms with Gasteiger partial charge in [-0.15, -0.1) is 0 Å². The maximum absolute atomic E-state index is 10.7. The highest BCUT2D eigenvalue weighted by molar-refractivity contribution is 7.97. The lowest BCUT2D eigenvalue weighted by atomic mass is 10.2. The fraction of sp³-hybridized carbons (Fsp3) is 0.200. The SMILES string of the molecule is CC.Cc1cccc(Oc2ccc([N+](=O)[O-])cc2SN)c1. The van der Waals surface area contributed by atoms with Gasteiger partial charge < -0.3 is 4.74 Å². The maximum Gasteiger partial charge on any atom is 0.270 e. The van der Waals surface area contributed by atoms with Crippen molar-refractivity contribution in [3.8, 4) is 11.5 Å². The summed E-state index contributed by atoms with van der Waals surface area (Å²) < 4.78 is 5.69. The summed E-state index contributed by atoms with van der Waals surface area (Å²) in [6.45, 7) is 5.96. The number of rotatable bonds is 4. The van der Waals surface area contributed by atoms with Crippen LogP contribution in [0.25, 0.3) is 0 Å². The Hall–Kier alpha value is -2.05. The molecule has 2 N–H and O–H groups in total. The number of nitrogens with zero attached hydrogens (tertiary/aromatic N) is 1. The number of hydrogen-bond acceptors (Lipinski definition) is 5. The van der Waals surface area contributed by atoms with Crippen LogP contribution in [0.5, 0.6) is 11.5 Å². The van der Waals surface area contributed by atoms with Crippen LogP contribution in [-0.4, -0.2) is 4.92 Å². The van der Waals surface area contributed by atoms with Crippen molar-refractivity contribution in [1.29, 1.82) is 0 Å². The third-order valence-electron chi connectivity index (χ3n) is 2.48. The molecule has 0 spiro atoms. The molecule has 0 fully saturated rings. The van der Waals surface area contributed by atoms with Crippen molar-refractivity contribution in [2.75, 3.05) is 0 Å². The van der Waals surface area contributed by atoms with Gasteiger partial charge >= 0.3 is 0 Å². The number of nitro benzene ring substituents is 1. The summed E-state index contributed by atoms with van der Waals surface area (Å²) >= 11 is 0.921. The highest BCUT2D eigenvalue weighted by Gasteiger charge is 2.12. The fourth-order valence-electron chi connectivity index (χ4n) is 1.59. The molecule has 0 unspecified atom stereocenters. The van der Waals surface area contributed by atoms with E-state index in [9.17, 15) is 10.1 Å². The fourth-order valence-corrected chi connectivity index (χ4v) is 2.01. The van der Waals surface area contributed by atoms with Gasteiger partial charge in [-0.3, -0.25) is 15.3 Å². The van der Waals surface area contributed by atoms with Crippen molar-refractivity contribution in [2.24, 2.45) is 5.14 Å². The Balaban J connectivity index is 0.00000106. The van der Waals surface area contributed by atoms with Gasteiger partial charge in [-0.2, -0.15) is 0 Å². The predicted octanol–water partition coefficient (Wildman–Crippen LogP) is 4.69. The molecule has 21 heavy (non-hydrogen) atoms. The molecule has 0 radical (unpaired) electrons. The van der Waals surface area contributed by atoms with Crippen LogP contribution < -0.4 is 9.88 Å². The van der Waals surface area contributed by atoms with E-state index >= 15 is 0 Å². The molecule has 0 aromatic heterocycles. The number of non-ortho nitro benzene ring substituents is 1. The second kappa shape index (κ2) is 8.28. The molecule has 112 valence electrons. The molecule has 2 rings (SSSR count). The Morgan fingerprint density at radius 3 is 2.48 bits per heavy atom. The molecule has 0 saturated heterocycles. The van der Waals surface area contributed by atoms with E-state index in [1.165, 1.54) is 12.1 Å². The van der Waals surface area contributed by atoms with Crippen LogP contribution in [0.15, 0.2) is 47.4 Å². The van der Waals surface area contributed by atoms with Gasteiger partial charge in [0.1, 0.15) is 11.5 Å². The van der Waals surface area contributed by atoms with E-state index in [2.05, 4.69) is 0 Å². The predicted molar refractivity (Wildman–Crippen MR) is 85.7 cm³/mol. The third kappa shape index (κ3) is 4.77. The van der Waals surface area contributed by atoms with Gasteiger partial charge in [0.05, 0.1) is 9.82 Å². The zero-order valence-electron chi connectivity index (χ0n) is 12.2. The first-order chi connectivity index (χ1) is 10.1. The molecule has 0 aliphatic rings. The first kappa shape index (κ1) is 17.0. The normalized spacial score (nSPS) is 9.52. The molecule has 2 aromatic rings. The van der Waals surface area contributed by atoms with Crippen molar-refractivity contribution in [3.05, 3.63) is 58.1 Å².